The number of hydrogen-bond acceptors (Lipinski definition) is 5. The Labute approximate surface area is 191 Å². The second-order valence-electron chi connectivity index (χ2n) is 7.75. The molecule has 1 unspecified atom stereocenters. The summed E-state index contributed by atoms with van der Waals surface area (Å²) in [4.78, 5) is 22.6. The number of guanidine groups is 1. The van der Waals surface area contributed by atoms with E-state index in [9.17, 15) is 4.79 Å². The highest BCUT2D eigenvalue weighted by Gasteiger charge is 2.26. The number of rotatable bonds is 7. The predicted octanol–water partition coefficient (Wildman–Crippen LogP) is 3.47. The Morgan fingerprint density at radius 1 is 1.34 bits per heavy atom. The van der Waals surface area contributed by atoms with Gasteiger partial charge in [-0.1, -0.05) is 13.8 Å². The van der Waals surface area contributed by atoms with Gasteiger partial charge < -0.3 is 19.7 Å². The van der Waals surface area contributed by atoms with Gasteiger partial charge >= 0.3 is 5.97 Å². The summed E-state index contributed by atoms with van der Waals surface area (Å²) in [5.41, 5.74) is 1.09. The van der Waals surface area contributed by atoms with Gasteiger partial charge in [-0.3, -0.25) is 9.79 Å². The highest BCUT2D eigenvalue weighted by atomic mass is 127. The van der Waals surface area contributed by atoms with Crippen molar-refractivity contribution in [1.82, 2.24) is 15.2 Å². The number of carbonyl (C=O) groups is 1. The number of pyridine rings is 1. The average Bonchev–Trinajstić information content (AvgIpc) is 2.68. The van der Waals surface area contributed by atoms with Crippen molar-refractivity contribution >= 4 is 35.9 Å². The van der Waals surface area contributed by atoms with Crippen LogP contribution in [0.25, 0.3) is 0 Å². The maximum absolute atomic E-state index is 11.7. The molecule has 1 aliphatic rings. The third kappa shape index (κ3) is 8.36. The van der Waals surface area contributed by atoms with Crippen LogP contribution in [0.5, 0.6) is 5.88 Å². The van der Waals surface area contributed by atoms with E-state index >= 15 is 0 Å². The number of nitrogens with one attached hydrogen (secondary N) is 1. The number of nitrogens with zero attached hydrogens (tertiary/aromatic N) is 3. The van der Waals surface area contributed by atoms with Gasteiger partial charge in [-0.2, -0.15) is 0 Å². The lowest BCUT2D eigenvalue weighted by Gasteiger charge is -2.33. The zero-order chi connectivity index (χ0) is 20.5. The van der Waals surface area contributed by atoms with Crippen molar-refractivity contribution in [3.63, 3.8) is 0 Å². The van der Waals surface area contributed by atoms with E-state index in [1.54, 1.807) is 13.2 Å². The quantitative estimate of drug-likeness (QED) is 0.258. The minimum Gasteiger partial charge on any atom is -0.475 e. The van der Waals surface area contributed by atoms with Crippen LogP contribution in [-0.2, 0) is 16.1 Å². The van der Waals surface area contributed by atoms with Crippen molar-refractivity contribution in [2.75, 3.05) is 27.2 Å². The molecule has 8 heteroatoms. The van der Waals surface area contributed by atoms with Crippen molar-refractivity contribution in [3.05, 3.63) is 23.9 Å². The molecule has 1 aliphatic heterocycles. The molecule has 0 aliphatic carbocycles. The van der Waals surface area contributed by atoms with Crippen LogP contribution >= 0.6 is 24.0 Å². The fourth-order valence-electron chi connectivity index (χ4n) is 3.55. The number of carbonyl (C=O) groups excluding carboxylic acids is 1. The summed E-state index contributed by atoms with van der Waals surface area (Å²) >= 11 is 0. The number of hydrogen-bond donors (Lipinski definition) is 1. The van der Waals surface area contributed by atoms with E-state index in [0.717, 1.165) is 43.9 Å². The second-order valence-corrected chi connectivity index (χ2v) is 7.75. The van der Waals surface area contributed by atoms with Gasteiger partial charge in [0.2, 0.25) is 5.88 Å². The number of methoxy groups -OCH3 is 1. The standard InChI is InChI=1S/C21H34N4O3.HI/c1-15(2)12-16(3)28-19-13-17(6-9-23-19)14-24-21(22-4)25-10-7-18(8-11-25)20(26)27-5;/h6,9,13,15-16,18H,7-8,10-12,14H2,1-5H3,(H,22,24);1H. The molecule has 0 spiro atoms. The van der Waals surface area contributed by atoms with Crippen LogP contribution in [0.4, 0.5) is 0 Å². The van der Waals surface area contributed by atoms with Gasteiger partial charge in [-0.25, -0.2) is 4.98 Å². The second kappa shape index (κ2) is 12.9. The first-order chi connectivity index (χ1) is 13.4. The van der Waals surface area contributed by atoms with E-state index in [1.807, 2.05) is 12.1 Å². The summed E-state index contributed by atoms with van der Waals surface area (Å²) in [5.74, 6) is 1.97. The maximum Gasteiger partial charge on any atom is 0.308 e. The van der Waals surface area contributed by atoms with E-state index in [1.165, 1.54) is 7.11 Å². The van der Waals surface area contributed by atoms with Crippen LogP contribution in [0, 0.1) is 11.8 Å². The molecule has 1 saturated heterocycles. The molecule has 1 aromatic rings. The Hall–Kier alpha value is -1.58. The molecule has 0 saturated carbocycles. The molecular weight excluding hydrogens is 483 g/mol. The van der Waals surface area contributed by atoms with Crippen molar-refractivity contribution < 1.29 is 14.3 Å². The van der Waals surface area contributed by atoms with Gasteiger partial charge in [-0.05, 0) is 43.7 Å². The lowest BCUT2D eigenvalue weighted by atomic mass is 9.97. The van der Waals surface area contributed by atoms with Crippen molar-refractivity contribution in [2.24, 2.45) is 16.8 Å². The molecule has 0 radical (unpaired) electrons. The summed E-state index contributed by atoms with van der Waals surface area (Å²) < 4.78 is 10.8. The van der Waals surface area contributed by atoms with E-state index in [0.29, 0.717) is 18.3 Å². The van der Waals surface area contributed by atoms with E-state index in [2.05, 4.69) is 41.0 Å². The van der Waals surface area contributed by atoms with Crippen molar-refractivity contribution in [1.29, 1.82) is 0 Å². The molecule has 2 rings (SSSR count). The van der Waals surface area contributed by atoms with E-state index < -0.39 is 0 Å². The van der Waals surface area contributed by atoms with Crippen molar-refractivity contribution in [3.8, 4) is 5.88 Å². The molecule has 0 amide bonds. The van der Waals surface area contributed by atoms with Crippen molar-refractivity contribution in [2.45, 2.75) is 52.7 Å². The summed E-state index contributed by atoms with van der Waals surface area (Å²) in [6.45, 7) is 8.67. The normalized spacial score (nSPS) is 16.2. The fraction of sp³-hybridized carbons (Fsp3) is 0.667. The topological polar surface area (TPSA) is 76.1 Å². The lowest BCUT2D eigenvalue weighted by Crippen LogP contribution is -2.46. The van der Waals surface area contributed by atoms with Crippen LogP contribution in [0.15, 0.2) is 23.3 Å². The Bertz CT molecular complexity index is 661. The number of aromatic nitrogens is 1. The van der Waals surface area contributed by atoms with E-state index in [4.69, 9.17) is 9.47 Å². The minimum absolute atomic E-state index is 0. The molecule has 1 aromatic heterocycles. The van der Waals surface area contributed by atoms with Gasteiger partial charge in [-0.15, -0.1) is 24.0 Å². The van der Waals surface area contributed by atoms with E-state index in [-0.39, 0.29) is 42.0 Å². The molecule has 1 N–H and O–H groups in total. The first-order valence-corrected chi connectivity index (χ1v) is 10.1. The number of ether oxygens (including phenoxy) is 2. The zero-order valence-corrected chi connectivity index (χ0v) is 20.5. The molecule has 7 nitrogen and oxygen atoms in total. The van der Waals surface area contributed by atoms with Gasteiger partial charge in [0.05, 0.1) is 19.1 Å². The zero-order valence-electron chi connectivity index (χ0n) is 18.2. The molecule has 1 fully saturated rings. The number of aliphatic imine (C=N–C) groups is 1. The molecule has 164 valence electrons. The van der Waals surface area contributed by atoms with Gasteiger partial charge in [0, 0.05) is 38.9 Å². The minimum atomic E-state index is -0.112. The number of likely N-dealkylation sites (tertiary alicyclic amines) is 1. The SMILES string of the molecule is CN=C(NCc1ccnc(OC(C)CC(C)C)c1)N1CCC(C(=O)OC)CC1.I. The molecule has 0 bridgehead atoms. The summed E-state index contributed by atoms with van der Waals surface area (Å²) in [7, 11) is 3.23. The highest BCUT2D eigenvalue weighted by molar-refractivity contribution is 14.0. The van der Waals surface area contributed by atoms with Crippen LogP contribution in [0.2, 0.25) is 0 Å². The lowest BCUT2D eigenvalue weighted by molar-refractivity contribution is -0.146. The molecule has 0 aromatic carbocycles. The third-order valence-corrected chi connectivity index (χ3v) is 4.92. The van der Waals surface area contributed by atoms with Gasteiger partial charge in [0.1, 0.15) is 0 Å². The number of esters is 1. The van der Waals surface area contributed by atoms with Crippen LogP contribution in [-0.4, -0.2) is 55.2 Å². The molecule has 2 heterocycles. The number of piperidine rings is 1. The van der Waals surface area contributed by atoms with Gasteiger partial charge in [0.25, 0.3) is 0 Å². The third-order valence-electron chi connectivity index (χ3n) is 4.92. The fourth-order valence-corrected chi connectivity index (χ4v) is 3.55. The Morgan fingerprint density at radius 3 is 2.62 bits per heavy atom. The van der Waals surface area contributed by atoms with Gasteiger partial charge in [0.15, 0.2) is 5.96 Å². The smallest absolute Gasteiger partial charge is 0.308 e. The highest BCUT2D eigenvalue weighted by Crippen LogP contribution is 2.19. The maximum atomic E-state index is 11.7. The Morgan fingerprint density at radius 2 is 2.03 bits per heavy atom. The summed E-state index contributed by atoms with van der Waals surface area (Å²) in [6.07, 6.45) is 4.49. The Kier molecular flexibility index (Phi) is 11.3. The summed E-state index contributed by atoms with van der Waals surface area (Å²) in [6, 6.07) is 3.95. The predicted molar refractivity (Wildman–Crippen MR) is 126 cm³/mol. The molecular formula is C21H35IN4O3. The van der Waals surface area contributed by atoms with Crippen LogP contribution < -0.4 is 10.1 Å². The average molecular weight is 518 g/mol. The first kappa shape index (κ1) is 25.5. The number of halogens is 1. The first-order valence-electron chi connectivity index (χ1n) is 10.1. The molecule has 1 atom stereocenters. The Balaban J connectivity index is 0.00000420. The largest absolute Gasteiger partial charge is 0.475 e. The molecule has 29 heavy (non-hydrogen) atoms. The summed E-state index contributed by atoms with van der Waals surface area (Å²) in [5, 5.41) is 3.40. The van der Waals surface area contributed by atoms with Crippen LogP contribution in [0.1, 0.15) is 45.6 Å². The monoisotopic (exact) mass is 518 g/mol. The van der Waals surface area contributed by atoms with Crippen LogP contribution in [0.3, 0.4) is 0 Å².